The summed E-state index contributed by atoms with van der Waals surface area (Å²) in [6.07, 6.45) is 3.49. The molecule has 1 aliphatic rings. The molecule has 3 aromatic rings. The standard InChI is InChI=1S/C23H26N4O3S/c1-17-9-11-19(12-10-17)26(3)31(29,30)20-7-4-6-18(16-20)23(28)27-15-5-8-22(27)21-13-14-24-25(21)2/h4,6-7,9-14,16,22H,5,8,15H2,1-3H3. The minimum Gasteiger partial charge on any atom is -0.330 e. The van der Waals surface area contributed by atoms with Crippen LogP contribution in [0, 0.1) is 6.92 Å². The van der Waals surface area contributed by atoms with E-state index in [1.54, 1.807) is 35.1 Å². The molecule has 0 N–H and O–H groups in total. The van der Waals surface area contributed by atoms with Gasteiger partial charge in [-0.2, -0.15) is 5.10 Å². The van der Waals surface area contributed by atoms with Crippen LogP contribution in [0.5, 0.6) is 0 Å². The predicted octanol–water partition coefficient (Wildman–Crippen LogP) is 3.53. The fourth-order valence-electron chi connectivity index (χ4n) is 4.04. The average molecular weight is 439 g/mol. The second kappa shape index (κ2) is 8.19. The Labute approximate surface area is 183 Å². The summed E-state index contributed by atoms with van der Waals surface area (Å²) in [5, 5.41) is 4.22. The molecule has 1 aliphatic heterocycles. The zero-order valence-corrected chi connectivity index (χ0v) is 18.7. The van der Waals surface area contributed by atoms with Crippen LogP contribution in [0.15, 0.2) is 65.7 Å². The van der Waals surface area contributed by atoms with Gasteiger partial charge >= 0.3 is 0 Å². The number of aryl methyl sites for hydroxylation is 2. The fourth-order valence-corrected chi connectivity index (χ4v) is 5.28. The highest BCUT2D eigenvalue weighted by atomic mass is 32.2. The lowest BCUT2D eigenvalue weighted by molar-refractivity contribution is 0.0730. The smallest absolute Gasteiger partial charge is 0.264 e. The number of rotatable bonds is 5. The van der Waals surface area contributed by atoms with Crippen molar-refractivity contribution >= 4 is 21.6 Å². The van der Waals surface area contributed by atoms with Crippen LogP contribution in [-0.4, -0.2) is 42.6 Å². The molecule has 1 fully saturated rings. The van der Waals surface area contributed by atoms with Gasteiger partial charge in [-0.3, -0.25) is 13.8 Å². The highest BCUT2D eigenvalue weighted by Crippen LogP contribution is 2.33. The molecule has 4 rings (SSSR count). The molecule has 1 saturated heterocycles. The molecule has 1 aromatic heterocycles. The lowest BCUT2D eigenvalue weighted by atomic mass is 10.1. The largest absolute Gasteiger partial charge is 0.330 e. The zero-order chi connectivity index (χ0) is 22.2. The maximum atomic E-state index is 13.3. The molecule has 1 atom stereocenters. The summed E-state index contributed by atoms with van der Waals surface area (Å²) in [4.78, 5) is 15.2. The van der Waals surface area contributed by atoms with E-state index < -0.39 is 10.0 Å². The fraction of sp³-hybridized carbons (Fsp3) is 0.304. The Kier molecular flexibility index (Phi) is 5.58. The van der Waals surface area contributed by atoms with Crippen molar-refractivity contribution in [2.45, 2.75) is 30.7 Å². The molecule has 1 unspecified atom stereocenters. The summed E-state index contributed by atoms with van der Waals surface area (Å²) in [7, 11) is -0.413. The second-order valence-electron chi connectivity index (χ2n) is 7.87. The average Bonchev–Trinajstić information content (AvgIpc) is 3.42. The molecule has 0 spiro atoms. The summed E-state index contributed by atoms with van der Waals surface area (Å²) in [5.41, 5.74) is 2.97. The van der Waals surface area contributed by atoms with Gasteiger partial charge in [-0.15, -0.1) is 0 Å². The number of carbonyl (C=O) groups excluding carboxylic acids is 1. The first-order valence-electron chi connectivity index (χ1n) is 10.2. The Hall–Kier alpha value is -3.13. The lowest BCUT2D eigenvalue weighted by Crippen LogP contribution is -2.32. The number of hydrogen-bond acceptors (Lipinski definition) is 4. The van der Waals surface area contributed by atoms with Gasteiger partial charge in [0.05, 0.1) is 22.3 Å². The number of aromatic nitrogens is 2. The van der Waals surface area contributed by atoms with Gasteiger partial charge in [0, 0.05) is 32.4 Å². The number of carbonyl (C=O) groups is 1. The van der Waals surface area contributed by atoms with Crippen LogP contribution in [0.1, 0.15) is 40.5 Å². The first-order chi connectivity index (χ1) is 14.8. The molecule has 8 heteroatoms. The third kappa shape index (κ3) is 3.95. The van der Waals surface area contributed by atoms with Crippen LogP contribution >= 0.6 is 0 Å². The van der Waals surface area contributed by atoms with E-state index in [4.69, 9.17) is 0 Å². The van der Waals surface area contributed by atoms with Crippen LogP contribution in [0.25, 0.3) is 0 Å². The summed E-state index contributed by atoms with van der Waals surface area (Å²) >= 11 is 0. The van der Waals surface area contributed by atoms with Gasteiger partial charge in [-0.1, -0.05) is 23.8 Å². The predicted molar refractivity (Wildman–Crippen MR) is 119 cm³/mol. The lowest BCUT2D eigenvalue weighted by Gasteiger charge is -2.25. The summed E-state index contributed by atoms with van der Waals surface area (Å²) in [6, 6.07) is 15.4. The number of sulfonamides is 1. The quantitative estimate of drug-likeness (QED) is 0.611. The maximum absolute atomic E-state index is 13.3. The van der Waals surface area contributed by atoms with E-state index in [2.05, 4.69) is 5.10 Å². The van der Waals surface area contributed by atoms with Gasteiger partial charge in [-0.05, 0) is 56.2 Å². The van der Waals surface area contributed by atoms with Gasteiger partial charge in [-0.25, -0.2) is 8.42 Å². The van der Waals surface area contributed by atoms with Crippen molar-refractivity contribution in [3.05, 3.63) is 77.6 Å². The minimum atomic E-state index is -3.80. The summed E-state index contributed by atoms with van der Waals surface area (Å²) in [6.45, 7) is 2.58. The first kappa shape index (κ1) is 21.1. The van der Waals surface area contributed by atoms with Gasteiger partial charge in [0.1, 0.15) is 0 Å². The van der Waals surface area contributed by atoms with Gasteiger partial charge < -0.3 is 4.90 Å². The van der Waals surface area contributed by atoms with Crippen molar-refractivity contribution in [1.29, 1.82) is 0 Å². The molecular formula is C23H26N4O3S. The van der Waals surface area contributed by atoms with Crippen molar-refractivity contribution in [3.63, 3.8) is 0 Å². The third-order valence-corrected chi connectivity index (χ3v) is 7.63. The first-order valence-corrected chi connectivity index (χ1v) is 11.7. The Balaban J connectivity index is 1.62. The van der Waals surface area contributed by atoms with Gasteiger partial charge in [0.25, 0.3) is 15.9 Å². The molecule has 31 heavy (non-hydrogen) atoms. The summed E-state index contributed by atoms with van der Waals surface area (Å²) < 4.78 is 29.4. The van der Waals surface area contributed by atoms with Crippen LogP contribution in [0.3, 0.4) is 0 Å². The molecule has 2 aromatic carbocycles. The summed E-state index contributed by atoms with van der Waals surface area (Å²) in [5.74, 6) is -0.168. The Bertz CT molecular complexity index is 1200. The molecule has 0 aliphatic carbocycles. The third-order valence-electron chi connectivity index (χ3n) is 5.85. The van der Waals surface area contributed by atoms with E-state index in [0.29, 0.717) is 17.8 Å². The van der Waals surface area contributed by atoms with E-state index in [1.165, 1.54) is 23.5 Å². The van der Waals surface area contributed by atoms with E-state index in [9.17, 15) is 13.2 Å². The number of benzene rings is 2. The topological polar surface area (TPSA) is 75.5 Å². The van der Waals surface area contributed by atoms with Crippen LogP contribution in [0.4, 0.5) is 5.69 Å². The normalized spacial score (nSPS) is 16.5. The highest BCUT2D eigenvalue weighted by molar-refractivity contribution is 7.92. The van der Waals surface area contributed by atoms with Crippen LogP contribution in [-0.2, 0) is 17.1 Å². The van der Waals surface area contributed by atoms with Crippen LogP contribution < -0.4 is 4.31 Å². The molecule has 0 bridgehead atoms. The highest BCUT2D eigenvalue weighted by Gasteiger charge is 2.33. The van der Waals surface area contributed by atoms with Crippen molar-refractivity contribution in [1.82, 2.24) is 14.7 Å². The SMILES string of the molecule is Cc1ccc(N(C)S(=O)(=O)c2cccc(C(=O)N3CCCC3c3ccnn3C)c2)cc1. The Morgan fingerprint density at radius 1 is 1.13 bits per heavy atom. The molecular weight excluding hydrogens is 412 g/mol. The second-order valence-corrected chi connectivity index (χ2v) is 9.84. The van der Waals surface area contributed by atoms with E-state index in [0.717, 1.165) is 24.1 Å². The number of likely N-dealkylation sites (tertiary alicyclic amines) is 1. The molecule has 7 nitrogen and oxygen atoms in total. The molecule has 1 amide bonds. The van der Waals surface area contributed by atoms with Crippen molar-refractivity contribution in [2.75, 3.05) is 17.9 Å². The number of anilines is 1. The number of amides is 1. The van der Waals surface area contributed by atoms with Crippen molar-refractivity contribution in [2.24, 2.45) is 7.05 Å². The van der Waals surface area contributed by atoms with Crippen LogP contribution in [0.2, 0.25) is 0 Å². The van der Waals surface area contributed by atoms with Gasteiger partial charge in [0.2, 0.25) is 0 Å². The number of hydrogen-bond donors (Lipinski definition) is 0. The zero-order valence-electron chi connectivity index (χ0n) is 17.9. The molecule has 2 heterocycles. The minimum absolute atomic E-state index is 0.0597. The monoisotopic (exact) mass is 438 g/mol. The van der Waals surface area contributed by atoms with Gasteiger partial charge in [0.15, 0.2) is 0 Å². The Morgan fingerprint density at radius 2 is 1.87 bits per heavy atom. The van der Waals surface area contributed by atoms with Crippen molar-refractivity contribution < 1.29 is 13.2 Å². The maximum Gasteiger partial charge on any atom is 0.264 e. The molecule has 0 radical (unpaired) electrons. The Morgan fingerprint density at radius 3 is 2.55 bits per heavy atom. The molecule has 0 saturated carbocycles. The van der Waals surface area contributed by atoms with Crippen molar-refractivity contribution in [3.8, 4) is 0 Å². The van der Waals surface area contributed by atoms with E-state index >= 15 is 0 Å². The van der Waals surface area contributed by atoms with E-state index in [-0.39, 0.29) is 16.8 Å². The number of nitrogens with zero attached hydrogens (tertiary/aromatic N) is 4. The van der Waals surface area contributed by atoms with E-state index in [1.807, 2.05) is 37.1 Å². The molecule has 162 valence electrons.